The van der Waals surface area contributed by atoms with Gasteiger partial charge in [-0.1, -0.05) is 20.8 Å². The highest BCUT2D eigenvalue weighted by molar-refractivity contribution is 6.23. The predicted molar refractivity (Wildman–Crippen MR) is 78.2 cm³/mol. The van der Waals surface area contributed by atoms with Gasteiger partial charge in [0, 0.05) is 12.1 Å². The Kier molecular flexibility index (Phi) is 5.66. The van der Waals surface area contributed by atoms with Crippen molar-refractivity contribution in [2.75, 3.05) is 20.3 Å². The summed E-state index contributed by atoms with van der Waals surface area (Å²) < 4.78 is 4.75. The maximum absolute atomic E-state index is 12.3. The van der Waals surface area contributed by atoms with Gasteiger partial charge in [0.15, 0.2) is 5.78 Å². The fourth-order valence-electron chi connectivity index (χ4n) is 2.67. The standard InChI is InChI=1S/C15H23NO5/c1-5-9(16-6-7-17)11-10(18)8-15(2,3)12(13(11)19)14(20)21-4/h12,17,19H,5-8H2,1-4H3/t12-/m1/s1. The first-order chi connectivity index (χ1) is 9.80. The lowest BCUT2D eigenvalue weighted by atomic mass is 9.67. The van der Waals surface area contributed by atoms with Crippen molar-refractivity contribution in [3.8, 4) is 0 Å². The molecule has 0 aliphatic heterocycles. The fraction of sp³-hybridized carbons (Fsp3) is 0.667. The highest BCUT2D eigenvalue weighted by atomic mass is 16.5. The monoisotopic (exact) mass is 297 g/mol. The molecule has 0 saturated carbocycles. The van der Waals surface area contributed by atoms with Gasteiger partial charge in [0.2, 0.25) is 0 Å². The number of ketones is 1. The molecule has 0 bridgehead atoms. The van der Waals surface area contributed by atoms with E-state index in [1.165, 1.54) is 7.11 Å². The molecule has 21 heavy (non-hydrogen) atoms. The van der Waals surface area contributed by atoms with E-state index in [0.717, 1.165) is 0 Å². The number of aliphatic hydroxyl groups is 2. The lowest BCUT2D eigenvalue weighted by Gasteiger charge is -2.36. The summed E-state index contributed by atoms with van der Waals surface area (Å²) >= 11 is 0. The molecular weight excluding hydrogens is 274 g/mol. The van der Waals surface area contributed by atoms with Gasteiger partial charge in [-0.05, 0) is 11.8 Å². The number of allylic oxidation sites excluding steroid dienone is 1. The summed E-state index contributed by atoms with van der Waals surface area (Å²) in [7, 11) is 1.25. The summed E-state index contributed by atoms with van der Waals surface area (Å²) in [4.78, 5) is 28.4. The fourth-order valence-corrected chi connectivity index (χ4v) is 2.67. The molecule has 1 rings (SSSR count). The van der Waals surface area contributed by atoms with Crippen LogP contribution in [-0.4, -0.2) is 47.9 Å². The Bertz CT molecular complexity index is 490. The minimum atomic E-state index is -0.888. The maximum Gasteiger partial charge on any atom is 0.316 e. The smallest absolute Gasteiger partial charge is 0.316 e. The number of ether oxygens (including phenoxy) is 1. The van der Waals surface area contributed by atoms with Crippen LogP contribution in [0.3, 0.4) is 0 Å². The predicted octanol–water partition coefficient (Wildman–Crippen LogP) is 1.43. The zero-order valence-corrected chi connectivity index (χ0v) is 13.0. The second-order valence-corrected chi connectivity index (χ2v) is 5.71. The molecule has 0 spiro atoms. The molecular formula is C15H23NO5. The lowest BCUT2D eigenvalue weighted by molar-refractivity contribution is -0.150. The number of Topliss-reactive ketones (excluding diaryl/α,β-unsaturated/α-hetero) is 1. The SMILES string of the molecule is CCC(=NCCO)C1=C(O)[C@H](C(=O)OC)C(C)(C)CC1=O. The number of carbonyl (C=O) groups is 2. The van der Waals surface area contributed by atoms with E-state index < -0.39 is 17.3 Å². The van der Waals surface area contributed by atoms with Gasteiger partial charge in [0.05, 0.1) is 25.8 Å². The summed E-state index contributed by atoms with van der Waals surface area (Å²) in [6.45, 7) is 5.31. The van der Waals surface area contributed by atoms with Crippen molar-refractivity contribution in [1.29, 1.82) is 0 Å². The van der Waals surface area contributed by atoms with Gasteiger partial charge in [-0.3, -0.25) is 14.6 Å². The number of esters is 1. The van der Waals surface area contributed by atoms with Crippen LogP contribution in [0.5, 0.6) is 0 Å². The summed E-state index contributed by atoms with van der Waals surface area (Å²) in [6, 6.07) is 0. The molecule has 6 nitrogen and oxygen atoms in total. The van der Waals surface area contributed by atoms with Gasteiger partial charge in [-0.25, -0.2) is 0 Å². The van der Waals surface area contributed by atoms with Gasteiger partial charge in [0.25, 0.3) is 0 Å². The molecule has 0 unspecified atom stereocenters. The highest BCUT2D eigenvalue weighted by Crippen LogP contribution is 2.42. The zero-order chi connectivity index (χ0) is 16.2. The Balaban J connectivity index is 3.39. The van der Waals surface area contributed by atoms with E-state index in [1.54, 1.807) is 20.8 Å². The van der Waals surface area contributed by atoms with Crippen LogP contribution in [0, 0.1) is 11.3 Å². The molecule has 0 saturated heterocycles. The molecule has 118 valence electrons. The molecule has 1 aliphatic rings. The number of hydrogen-bond acceptors (Lipinski definition) is 6. The van der Waals surface area contributed by atoms with E-state index >= 15 is 0 Å². The second-order valence-electron chi connectivity index (χ2n) is 5.71. The first-order valence-corrected chi connectivity index (χ1v) is 6.98. The minimum Gasteiger partial charge on any atom is -0.511 e. The Morgan fingerprint density at radius 3 is 2.57 bits per heavy atom. The first-order valence-electron chi connectivity index (χ1n) is 6.98. The van der Waals surface area contributed by atoms with E-state index in [9.17, 15) is 14.7 Å². The number of nitrogens with zero attached hydrogens (tertiary/aromatic N) is 1. The number of rotatable bonds is 5. The number of carbonyl (C=O) groups excluding carboxylic acids is 2. The van der Waals surface area contributed by atoms with Crippen LogP contribution in [0.25, 0.3) is 0 Å². The van der Waals surface area contributed by atoms with Gasteiger partial charge in [-0.2, -0.15) is 0 Å². The molecule has 2 N–H and O–H groups in total. The summed E-state index contributed by atoms with van der Waals surface area (Å²) in [5.41, 5.74) is -0.204. The average Bonchev–Trinajstić information content (AvgIpc) is 2.40. The van der Waals surface area contributed by atoms with Crippen LogP contribution in [0.2, 0.25) is 0 Å². The number of hydrogen-bond donors (Lipinski definition) is 2. The summed E-state index contributed by atoms with van der Waals surface area (Å²) in [5, 5.41) is 19.3. The van der Waals surface area contributed by atoms with Gasteiger partial charge in [-0.15, -0.1) is 0 Å². The Hall–Kier alpha value is -1.69. The van der Waals surface area contributed by atoms with Crippen LogP contribution >= 0.6 is 0 Å². The van der Waals surface area contributed by atoms with Gasteiger partial charge >= 0.3 is 5.97 Å². The molecule has 0 heterocycles. The molecule has 0 aromatic carbocycles. The van der Waals surface area contributed by atoms with E-state index in [2.05, 4.69) is 4.99 Å². The third-order valence-corrected chi connectivity index (χ3v) is 3.67. The topological polar surface area (TPSA) is 96.2 Å². The normalized spacial score (nSPS) is 22.4. The lowest BCUT2D eigenvalue weighted by Crippen LogP contribution is -2.41. The van der Waals surface area contributed by atoms with E-state index in [0.29, 0.717) is 12.1 Å². The molecule has 0 amide bonds. The molecule has 0 fully saturated rings. The number of methoxy groups -OCH3 is 1. The third kappa shape index (κ3) is 3.50. The van der Waals surface area contributed by atoms with Crippen LogP contribution in [0.15, 0.2) is 16.3 Å². The van der Waals surface area contributed by atoms with Crippen LogP contribution < -0.4 is 0 Å². The van der Waals surface area contributed by atoms with Crippen molar-refractivity contribution >= 4 is 17.5 Å². The Morgan fingerprint density at radius 2 is 2.10 bits per heavy atom. The van der Waals surface area contributed by atoms with E-state index in [-0.39, 0.29) is 36.7 Å². The van der Waals surface area contributed by atoms with Crippen LogP contribution in [0.1, 0.15) is 33.6 Å². The van der Waals surface area contributed by atoms with Crippen molar-refractivity contribution in [3.63, 3.8) is 0 Å². The minimum absolute atomic E-state index is 0.0978. The number of aliphatic imine (C=N–C) groups is 1. The van der Waals surface area contributed by atoms with E-state index in [4.69, 9.17) is 9.84 Å². The van der Waals surface area contributed by atoms with Gasteiger partial charge in [0.1, 0.15) is 11.7 Å². The summed E-state index contributed by atoms with van der Waals surface area (Å²) in [5.74, 6) is -1.97. The number of aliphatic hydroxyl groups excluding tert-OH is 2. The maximum atomic E-state index is 12.3. The van der Waals surface area contributed by atoms with Crippen molar-refractivity contribution in [3.05, 3.63) is 11.3 Å². The molecule has 6 heteroatoms. The third-order valence-electron chi connectivity index (χ3n) is 3.67. The van der Waals surface area contributed by atoms with Crippen molar-refractivity contribution in [2.45, 2.75) is 33.6 Å². The van der Waals surface area contributed by atoms with Gasteiger partial charge < -0.3 is 14.9 Å². The van der Waals surface area contributed by atoms with E-state index in [1.807, 2.05) is 0 Å². The molecule has 0 radical (unpaired) electrons. The molecule has 0 aromatic rings. The highest BCUT2D eigenvalue weighted by Gasteiger charge is 2.47. The summed E-state index contributed by atoms with van der Waals surface area (Å²) in [6.07, 6.45) is 0.559. The zero-order valence-electron chi connectivity index (χ0n) is 13.0. The second kappa shape index (κ2) is 6.85. The average molecular weight is 297 g/mol. The van der Waals surface area contributed by atoms with Crippen molar-refractivity contribution in [1.82, 2.24) is 0 Å². The molecule has 0 aromatic heterocycles. The van der Waals surface area contributed by atoms with Crippen LogP contribution in [-0.2, 0) is 14.3 Å². The van der Waals surface area contributed by atoms with Crippen molar-refractivity contribution in [2.24, 2.45) is 16.3 Å². The quantitative estimate of drug-likeness (QED) is 0.591. The van der Waals surface area contributed by atoms with Crippen molar-refractivity contribution < 1.29 is 24.5 Å². The molecule has 1 atom stereocenters. The van der Waals surface area contributed by atoms with Crippen LogP contribution in [0.4, 0.5) is 0 Å². The Morgan fingerprint density at radius 1 is 1.48 bits per heavy atom. The molecule has 1 aliphatic carbocycles. The first kappa shape index (κ1) is 17.4. The largest absolute Gasteiger partial charge is 0.511 e. The Labute approximate surface area is 124 Å².